The molecule has 6 rings (SSSR count). The minimum atomic E-state index is -1.01. The van der Waals surface area contributed by atoms with Crippen molar-refractivity contribution in [1.82, 2.24) is 14.7 Å². The number of benzene rings is 4. The van der Waals surface area contributed by atoms with E-state index in [0.29, 0.717) is 17.8 Å². The molecule has 1 atom stereocenters. The molecule has 1 amide bonds. The molecule has 0 saturated heterocycles. The number of amides is 1. The second-order valence-corrected chi connectivity index (χ2v) is 10.1. The van der Waals surface area contributed by atoms with Crippen LogP contribution in [0, 0.1) is 5.82 Å². The number of aromatic carboxylic acids is 1. The number of imidazole rings is 1. The van der Waals surface area contributed by atoms with Crippen LogP contribution in [-0.2, 0) is 6.42 Å². The molecule has 7 heteroatoms. The molecule has 0 unspecified atom stereocenters. The summed E-state index contributed by atoms with van der Waals surface area (Å²) < 4.78 is 15.5. The van der Waals surface area contributed by atoms with Gasteiger partial charge in [-0.1, -0.05) is 66.7 Å². The van der Waals surface area contributed by atoms with Gasteiger partial charge in [-0.2, -0.15) is 0 Å². The zero-order chi connectivity index (χ0) is 28.5. The fraction of sp³-hybridized carbons (Fsp3) is 0.0882. The van der Waals surface area contributed by atoms with E-state index in [1.165, 1.54) is 24.3 Å². The zero-order valence-electron chi connectivity index (χ0n) is 22.2. The normalized spacial score (nSPS) is 12.0. The number of pyridine rings is 1. The fourth-order valence-corrected chi connectivity index (χ4v) is 5.10. The standard InChI is InChI=1S/C34H26FN3O3/c1-21(23-8-10-26(11-9-23)34(40)41)37-33(39)31-18-28(25-12-14-29(35)15-13-25)19-32-36-20-30(38(31)32)17-22-6-7-24-4-2-3-5-27(24)16-22/h2-16,18-21H,17H2,1H3,(H,37,39)(H,40,41)/t21-/m0/s1. The number of nitrogens with zero attached hydrogens (tertiary/aromatic N) is 2. The summed E-state index contributed by atoms with van der Waals surface area (Å²) in [5.74, 6) is -1.66. The van der Waals surface area contributed by atoms with Gasteiger partial charge in [0.05, 0.1) is 11.6 Å². The molecule has 0 aliphatic rings. The lowest BCUT2D eigenvalue weighted by atomic mass is 10.0. The van der Waals surface area contributed by atoms with Crippen molar-refractivity contribution in [1.29, 1.82) is 0 Å². The highest BCUT2D eigenvalue weighted by Gasteiger charge is 2.19. The molecule has 0 fully saturated rings. The van der Waals surface area contributed by atoms with Crippen LogP contribution in [0.15, 0.2) is 109 Å². The van der Waals surface area contributed by atoms with Crippen LogP contribution in [-0.4, -0.2) is 26.4 Å². The molecule has 0 aliphatic carbocycles. The average Bonchev–Trinajstić information content (AvgIpc) is 3.39. The van der Waals surface area contributed by atoms with Crippen molar-refractivity contribution in [2.45, 2.75) is 19.4 Å². The summed E-state index contributed by atoms with van der Waals surface area (Å²) in [5.41, 5.74) is 5.39. The molecule has 0 aliphatic heterocycles. The maximum Gasteiger partial charge on any atom is 0.335 e. The van der Waals surface area contributed by atoms with Gasteiger partial charge in [0.25, 0.3) is 5.91 Å². The van der Waals surface area contributed by atoms with E-state index in [9.17, 15) is 19.1 Å². The molecule has 0 saturated carbocycles. The summed E-state index contributed by atoms with van der Waals surface area (Å²) in [5, 5.41) is 14.6. The van der Waals surface area contributed by atoms with Gasteiger partial charge in [-0.15, -0.1) is 0 Å². The first kappa shape index (κ1) is 26.0. The van der Waals surface area contributed by atoms with E-state index in [1.807, 2.05) is 29.5 Å². The average molecular weight is 544 g/mol. The first-order valence-corrected chi connectivity index (χ1v) is 13.2. The van der Waals surface area contributed by atoms with E-state index in [4.69, 9.17) is 0 Å². The van der Waals surface area contributed by atoms with E-state index in [2.05, 4.69) is 40.6 Å². The van der Waals surface area contributed by atoms with Gasteiger partial charge in [0.1, 0.15) is 17.2 Å². The molecule has 6 aromatic rings. The van der Waals surface area contributed by atoms with Crippen LogP contribution in [0.25, 0.3) is 27.5 Å². The van der Waals surface area contributed by atoms with Crippen LogP contribution < -0.4 is 5.32 Å². The lowest BCUT2D eigenvalue weighted by Crippen LogP contribution is -2.28. The van der Waals surface area contributed by atoms with Gasteiger partial charge in [-0.05, 0) is 76.3 Å². The summed E-state index contributed by atoms with van der Waals surface area (Å²) in [4.78, 5) is 29.7. The number of carboxylic acid groups (broad SMARTS) is 1. The molecule has 2 N–H and O–H groups in total. The Morgan fingerprint density at radius 1 is 0.878 bits per heavy atom. The van der Waals surface area contributed by atoms with E-state index >= 15 is 0 Å². The van der Waals surface area contributed by atoms with Gasteiger partial charge in [0.2, 0.25) is 0 Å². The smallest absolute Gasteiger partial charge is 0.335 e. The summed E-state index contributed by atoms with van der Waals surface area (Å²) in [7, 11) is 0. The van der Waals surface area contributed by atoms with Crippen LogP contribution in [0.5, 0.6) is 0 Å². The van der Waals surface area contributed by atoms with Crippen molar-refractivity contribution >= 4 is 28.3 Å². The van der Waals surface area contributed by atoms with Gasteiger partial charge < -0.3 is 10.4 Å². The third kappa shape index (κ3) is 5.30. The Bertz CT molecular complexity index is 1910. The highest BCUT2D eigenvalue weighted by molar-refractivity contribution is 5.95. The second-order valence-electron chi connectivity index (χ2n) is 10.1. The monoisotopic (exact) mass is 543 g/mol. The molecule has 0 spiro atoms. The van der Waals surface area contributed by atoms with Gasteiger partial charge in [-0.25, -0.2) is 14.2 Å². The third-order valence-corrected chi connectivity index (χ3v) is 7.29. The van der Waals surface area contributed by atoms with Crippen LogP contribution in [0.2, 0.25) is 0 Å². The molecular weight excluding hydrogens is 517 g/mol. The van der Waals surface area contributed by atoms with Crippen LogP contribution in [0.1, 0.15) is 50.6 Å². The second kappa shape index (κ2) is 10.7. The van der Waals surface area contributed by atoms with E-state index in [1.54, 1.807) is 36.5 Å². The Kier molecular flexibility index (Phi) is 6.77. The Labute approximate surface area is 235 Å². The molecule has 202 valence electrons. The Morgan fingerprint density at radius 3 is 2.34 bits per heavy atom. The number of carboxylic acids is 1. The fourth-order valence-electron chi connectivity index (χ4n) is 5.10. The first-order chi connectivity index (χ1) is 19.9. The van der Waals surface area contributed by atoms with Gasteiger partial charge >= 0.3 is 5.97 Å². The highest BCUT2D eigenvalue weighted by Crippen LogP contribution is 2.26. The number of aromatic nitrogens is 2. The van der Waals surface area contributed by atoms with Crippen molar-refractivity contribution in [3.63, 3.8) is 0 Å². The van der Waals surface area contributed by atoms with Gasteiger partial charge in [0.15, 0.2) is 0 Å². The highest BCUT2D eigenvalue weighted by atomic mass is 19.1. The number of carbonyl (C=O) groups is 2. The van der Waals surface area contributed by atoms with Gasteiger partial charge in [0, 0.05) is 18.3 Å². The maximum absolute atomic E-state index is 13.8. The number of nitrogens with one attached hydrogen (secondary N) is 1. The van der Waals surface area contributed by atoms with Crippen LogP contribution in [0.3, 0.4) is 0 Å². The van der Waals surface area contributed by atoms with Crippen LogP contribution in [0.4, 0.5) is 4.39 Å². The number of rotatable bonds is 7. The molecule has 4 aromatic carbocycles. The van der Waals surface area contributed by atoms with Crippen molar-refractivity contribution in [3.8, 4) is 11.1 Å². The van der Waals surface area contributed by atoms with E-state index < -0.39 is 5.97 Å². The topological polar surface area (TPSA) is 83.7 Å². The van der Waals surface area contributed by atoms with Crippen molar-refractivity contribution in [3.05, 3.63) is 143 Å². The van der Waals surface area contributed by atoms with Gasteiger partial charge in [-0.3, -0.25) is 9.20 Å². The lowest BCUT2D eigenvalue weighted by molar-refractivity contribution is 0.0696. The third-order valence-electron chi connectivity index (χ3n) is 7.29. The summed E-state index contributed by atoms with van der Waals surface area (Å²) >= 11 is 0. The predicted octanol–water partition coefficient (Wildman–Crippen LogP) is 7.07. The first-order valence-electron chi connectivity index (χ1n) is 13.2. The summed E-state index contributed by atoms with van der Waals surface area (Å²) in [6.45, 7) is 1.85. The Balaban J connectivity index is 1.39. The lowest BCUT2D eigenvalue weighted by Gasteiger charge is -2.17. The molecule has 2 aromatic heterocycles. The van der Waals surface area contributed by atoms with Crippen LogP contribution >= 0.6 is 0 Å². The number of carbonyl (C=O) groups excluding carboxylic acids is 1. The predicted molar refractivity (Wildman–Crippen MR) is 157 cm³/mol. The van der Waals surface area contributed by atoms with Crippen molar-refractivity contribution < 1.29 is 19.1 Å². The zero-order valence-corrected chi connectivity index (χ0v) is 22.2. The minimum absolute atomic E-state index is 0.178. The number of hydrogen-bond donors (Lipinski definition) is 2. The molecule has 0 bridgehead atoms. The molecule has 2 heterocycles. The largest absolute Gasteiger partial charge is 0.478 e. The van der Waals surface area contributed by atoms with E-state index in [0.717, 1.165) is 38.7 Å². The molecular formula is C34H26FN3O3. The molecule has 0 radical (unpaired) electrons. The van der Waals surface area contributed by atoms with Crippen molar-refractivity contribution in [2.24, 2.45) is 0 Å². The summed E-state index contributed by atoms with van der Waals surface area (Å²) in [6.07, 6.45) is 2.35. The van der Waals surface area contributed by atoms with Crippen molar-refractivity contribution in [2.75, 3.05) is 0 Å². The van der Waals surface area contributed by atoms with E-state index in [-0.39, 0.29) is 23.3 Å². The quantitative estimate of drug-likeness (QED) is 0.226. The SMILES string of the molecule is C[C@H](NC(=O)c1cc(-c2ccc(F)cc2)cc2ncc(Cc3ccc4ccccc4c3)n12)c1ccc(C(=O)O)cc1. The summed E-state index contributed by atoms with van der Waals surface area (Å²) in [6, 6.07) is 30.3. The maximum atomic E-state index is 13.8. The number of fused-ring (bicyclic) bond motifs is 2. The molecule has 6 nitrogen and oxygen atoms in total. The number of halogens is 1. The minimum Gasteiger partial charge on any atom is -0.478 e. The Morgan fingerprint density at radius 2 is 1.61 bits per heavy atom. The number of hydrogen-bond acceptors (Lipinski definition) is 3. The molecule has 41 heavy (non-hydrogen) atoms. The Hall–Kier alpha value is -5.30.